The molecule has 0 radical (unpaired) electrons. The molecule has 1 N–H and O–H groups in total. The molecule has 3 fully saturated rings. The van der Waals surface area contributed by atoms with Crippen molar-refractivity contribution in [3.63, 3.8) is 0 Å². The van der Waals surface area contributed by atoms with E-state index in [1.54, 1.807) is 0 Å². The lowest BCUT2D eigenvalue weighted by Gasteiger charge is -2.37. The minimum atomic E-state index is 0.0922. The number of hydrogen-bond donors (Lipinski definition) is 1. The number of likely N-dealkylation sites (tertiary alicyclic amines) is 1. The summed E-state index contributed by atoms with van der Waals surface area (Å²) in [6.45, 7) is 8.00. The van der Waals surface area contributed by atoms with Crippen LogP contribution in [-0.2, 0) is 9.53 Å². The van der Waals surface area contributed by atoms with E-state index in [0.29, 0.717) is 5.91 Å². The first-order valence-electron chi connectivity index (χ1n) is 8.65. The molecule has 120 valence electrons. The van der Waals surface area contributed by atoms with Crippen LogP contribution in [0.5, 0.6) is 0 Å². The smallest absolute Gasteiger partial charge is 0.239 e. The SMILES string of the molecule is O=C(C1CCCCN1)N1CCC(CN2CCOCC2)CC1. The Kier molecular flexibility index (Phi) is 5.49. The van der Waals surface area contributed by atoms with Gasteiger partial charge < -0.3 is 15.0 Å². The van der Waals surface area contributed by atoms with E-state index < -0.39 is 0 Å². The van der Waals surface area contributed by atoms with E-state index in [1.165, 1.54) is 19.4 Å². The minimum Gasteiger partial charge on any atom is -0.379 e. The predicted molar refractivity (Wildman–Crippen MR) is 82.2 cm³/mol. The van der Waals surface area contributed by atoms with E-state index in [9.17, 15) is 4.79 Å². The predicted octanol–water partition coefficient (Wildman–Crippen LogP) is 0.699. The number of rotatable bonds is 3. The van der Waals surface area contributed by atoms with Crippen molar-refractivity contribution in [2.45, 2.75) is 38.1 Å². The van der Waals surface area contributed by atoms with Crippen LogP contribution in [0.15, 0.2) is 0 Å². The highest BCUT2D eigenvalue weighted by atomic mass is 16.5. The van der Waals surface area contributed by atoms with Crippen LogP contribution < -0.4 is 5.32 Å². The first kappa shape index (κ1) is 15.3. The molecule has 3 aliphatic heterocycles. The number of amides is 1. The highest BCUT2D eigenvalue weighted by molar-refractivity contribution is 5.82. The van der Waals surface area contributed by atoms with E-state index in [1.807, 2.05) is 0 Å². The topological polar surface area (TPSA) is 44.8 Å². The van der Waals surface area contributed by atoms with Crippen LogP contribution in [0.2, 0.25) is 0 Å². The largest absolute Gasteiger partial charge is 0.379 e. The van der Waals surface area contributed by atoms with Gasteiger partial charge in [-0.25, -0.2) is 0 Å². The molecule has 1 amide bonds. The van der Waals surface area contributed by atoms with Crippen molar-refractivity contribution >= 4 is 5.91 Å². The first-order valence-corrected chi connectivity index (χ1v) is 8.65. The summed E-state index contributed by atoms with van der Waals surface area (Å²) in [7, 11) is 0. The van der Waals surface area contributed by atoms with Gasteiger partial charge in [-0.1, -0.05) is 6.42 Å². The van der Waals surface area contributed by atoms with Crippen LogP contribution >= 0.6 is 0 Å². The molecule has 0 spiro atoms. The second-order valence-corrected chi connectivity index (χ2v) is 6.68. The summed E-state index contributed by atoms with van der Waals surface area (Å²) in [5, 5.41) is 3.38. The first-order chi connectivity index (χ1) is 10.3. The Morgan fingerprint density at radius 3 is 2.48 bits per heavy atom. The fraction of sp³-hybridized carbons (Fsp3) is 0.938. The number of carbonyl (C=O) groups is 1. The maximum Gasteiger partial charge on any atom is 0.239 e. The van der Waals surface area contributed by atoms with Gasteiger partial charge in [0.15, 0.2) is 0 Å². The molecule has 1 atom stereocenters. The number of nitrogens with one attached hydrogen (secondary N) is 1. The maximum absolute atomic E-state index is 12.5. The van der Waals surface area contributed by atoms with Crippen LogP contribution in [0.4, 0.5) is 0 Å². The van der Waals surface area contributed by atoms with Gasteiger partial charge in [0.25, 0.3) is 0 Å². The zero-order chi connectivity index (χ0) is 14.5. The summed E-state index contributed by atoms with van der Waals surface area (Å²) >= 11 is 0. The van der Waals surface area contributed by atoms with Crippen molar-refractivity contribution < 1.29 is 9.53 Å². The Bertz CT molecular complexity index is 330. The normalized spacial score (nSPS) is 29.5. The molecule has 0 aromatic rings. The molecule has 5 heteroatoms. The molecule has 3 saturated heterocycles. The van der Waals surface area contributed by atoms with Crippen molar-refractivity contribution in [1.82, 2.24) is 15.1 Å². The number of nitrogens with zero attached hydrogens (tertiary/aromatic N) is 2. The van der Waals surface area contributed by atoms with Crippen LogP contribution in [0.1, 0.15) is 32.1 Å². The third-order valence-electron chi connectivity index (χ3n) is 5.15. The van der Waals surface area contributed by atoms with E-state index >= 15 is 0 Å². The van der Waals surface area contributed by atoms with Gasteiger partial charge in [-0.05, 0) is 38.1 Å². The van der Waals surface area contributed by atoms with Gasteiger partial charge in [-0.3, -0.25) is 9.69 Å². The third kappa shape index (κ3) is 4.18. The zero-order valence-electron chi connectivity index (χ0n) is 13.1. The Morgan fingerprint density at radius 1 is 1.05 bits per heavy atom. The van der Waals surface area contributed by atoms with Gasteiger partial charge in [-0.2, -0.15) is 0 Å². The van der Waals surface area contributed by atoms with Gasteiger partial charge in [0.1, 0.15) is 0 Å². The average Bonchev–Trinajstić information content (AvgIpc) is 2.57. The molecule has 0 bridgehead atoms. The second-order valence-electron chi connectivity index (χ2n) is 6.68. The number of piperidine rings is 2. The summed E-state index contributed by atoms with van der Waals surface area (Å²) in [5.74, 6) is 1.10. The van der Waals surface area contributed by atoms with Crippen molar-refractivity contribution in [2.24, 2.45) is 5.92 Å². The Hall–Kier alpha value is -0.650. The summed E-state index contributed by atoms with van der Waals surface area (Å²) in [6.07, 6.45) is 5.75. The van der Waals surface area contributed by atoms with Crippen molar-refractivity contribution in [2.75, 3.05) is 52.5 Å². The molecular weight excluding hydrogens is 266 g/mol. The highest BCUT2D eigenvalue weighted by Gasteiger charge is 2.29. The molecule has 0 aliphatic carbocycles. The van der Waals surface area contributed by atoms with Gasteiger partial charge in [0.05, 0.1) is 19.3 Å². The number of carbonyl (C=O) groups excluding carboxylic acids is 1. The quantitative estimate of drug-likeness (QED) is 0.832. The summed E-state index contributed by atoms with van der Waals surface area (Å²) < 4.78 is 5.40. The Morgan fingerprint density at radius 2 is 1.81 bits per heavy atom. The van der Waals surface area contributed by atoms with Crippen molar-refractivity contribution in [1.29, 1.82) is 0 Å². The monoisotopic (exact) mass is 295 g/mol. The fourth-order valence-electron chi connectivity index (χ4n) is 3.77. The molecule has 0 saturated carbocycles. The van der Waals surface area contributed by atoms with E-state index in [0.717, 1.165) is 71.1 Å². The van der Waals surface area contributed by atoms with Gasteiger partial charge in [0.2, 0.25) is 5.91 Å². The van der Waals surface area contributed by atoms with Crippen LogP contribution in [0, 0.1) is 5.92 Å². The molecular formula is C16H29N3O2. The lowest BCUT2D eigenvalue weighted by atomic mass is 9.94. The molecule has 3 rings (SSSR count). The van der Waals surface area contributed by atoms with Crippen LogP contribution in [-0.4, -0.2) is 74.2 Å². The Labute approximate surface area is 128 Å². The van der Waals surface area contributed by atoms with E-state index in [4.69, 9.17) is 4.74 Å². The summed E-state index contributed by atoms with van der Waals surface area (Å²) in [5.41, 5.74) is 0. The molecule has 0 aromatic carbocycles. The van der Waals surface area contributed by atoms with Gasteiger partial charge in [-0.15, -0.1) is 0 Å². The fourth-order valence-corrected chi connectivity index (χ4v) is 3.77. The summed E-state index contributed by atoms with van der Waals surface area (Å²) in [4.78, 5) is 17.1. The number of morpholine rings is 1. The molecule has 3 heterocycles. The third-order valence-corrected chi connectivity index (χ3v) is 5.15. The van der Waals surface area contributed by atoms with E-state index in [2.05, 4.69) is 15.1 Å². The number of hydrogen-bond acceptors (Lipinski definition) is 4. The molecule has 5 nitrogen and oxygen atoms in total. The minimum absolute atomic E-state index is 0.0922. The lowest BCUT2D eigenvalue weighted by molar-refractivity contribution is -0.135. The molecule has 3 aliphatic rings. The Balaban J connectivity index is 1.40. The summed E-state index contributed by atoms with van der Waals surface area (Å²) in [6, 6.07) is 0.0922. The van der Waals surface area contributed by atoms with Crippen LogP contribution in [0.3, 0.4) is 0 Å². The molecule has 1 unspecified atom stereocenters. The second kappa shape index (κ2) is 7.56. The molecule has 21 heavy (non-hydrogen) atoms. The standard InChI is InChI=1S/C16H29N3O2/c20-16(15-3-1-2-6-17-15)19-7-4-14(5-8-19)13-18-9-11-21-12-10-18/h14-15,17H,1-13H2. The van der Waals surface area contributed by atoms with Crippen molar-refractivity contribution in [3.05, 3.63) is 0 Å². The lowest BCUT2D eigenvalue weighted by Crippen LogP contribution is -2.51. The number of ether oxygens (including phenoxy) is 1. The van der Waals surface area contributed by atoms with E-state index in [-0.39, 0.29) is 6.04 Å². The van der Waals surface area contributed by atoms with Crippen molar-refractivity contribution in [3.8, 4) is 0 Å². The zero-order valence-corrected chi connectivity index (χ0v) is 13.1. The van der Waals surface area contributed by atoms with Gasteiger partial charge in [0, 0.05) is 32.7 Å². The highest BCUT2D eigenvalue weighted by Crippen LogP contribution is 2.21. The maximum atomic E-state index is 12.5. The molecule has 0 aromatic heterocycles. The van der Waals surface area contributed by atoms with Crippen LogP contribution in [0.25, 0.3) is 0 Å². The van der Waals surface area contributed by atoms with Gasteiger partial charge >= 0.3 is 0 Å². The average molecular weight is 295 g/mol.